The van der Waals surface area contributed by atoms with E-state index in [2.05, 4.69) is 17.1 Å². The first-order valence-corrected chi connectivity index (χ1v) is 8.95. The lowest BCUT2D eigenvalue weighted by atomic mass is 9.68. The first-order valence-electron chi connectivity index (χ1n) is 8.95. The van der Waals surface area contributed by atoms with E-state index in [0.717, 1.165) is 38.7 Å². The summed E-state index contributed by atoms with van der Waals surface area (Å²) in [6, 6.07) is 0. The molecule has 1 heterocycles. The van der Waals surface area contributed by atoms with Gasteiger partial charge in [-0.3, -0.25) is 9.79 Å². The molecule has 134 valence electrons. The number of amides is 1. The normalized spacial score (nSPS) is 19.3. The van der Waals surface area contributed by atoms with Crippen LogP contribution in [-0.4, -0.2) is 60.9 Å². The van der Waals surface area contributed by atoms with Crippen LogP contribution in [0.2, 0.25) is 0 Å². The van der Waals surface area contributed by atoms with Crippen LogP contribution in [0.3, 0.4) is 0 Å². The Labute approximate surface area is 158 Å². The van der Waals surface area contributed by atoms with Crippen LogP contribution in [0.4, 0.5) is 0 Å². The second-order valence-electron chi connectivity index (χ2n) is 6.58. The van der Waals surface area contributed by atoms with Gasteiger partial charge in [0.25, 0.3) is 0 Å². The van der Waals surface area contributed by atoms with Crippen LogP contribution in [0.15, 0.2) is 4.99 Å². The van der Waals surface area contributed by atoms with Crippen molar-refractivity contribution in [3.8, 4) is 0 Å². The molecule has 2 rings (SSSR count). The summed E-state index contributed by atoms with van der Waals surface area (Å²) in [7, 11) is 0. The minimum absolute atomic E-state index is 0. The fraction of sp³-hybridized carbons (Fsp3) is 0.882. The maximum absolute atomic E-state index is 12.0. The summed E-state index contributed by atoms with van der Waals surface area (Å²) in [5.74, 6) is 1.21. The van der Waals surface area contributed by atoms with Gasteiger partial charge in [0.05, 0.1) is 6.54 Å². The smallest absolute Gasteiger partial charge is 0.224 e. The van der Waals surface area contributed by atoms with Crippen molar-refractivity contribution in [1.82, 2.24) is 15.1 Å². The van der Waals surface area contributed by atoms with Crippen molar-refractivity contribution in [2.45, 2.75) is 52.9 Å². The Kier molecular flexibility index (Phi) is 8.64. The minimum Gasteiger partial charge on any atom is -0.357 e. The van der Waals surface area contributed by atoms with Gasteiger partial charge in [0.15, 0.2) is 5.96 Å². The summed E-state index contributed by atoms with van der Waals surface area (Å²) >= 11 is 0. The largest absolute Gasteiger partial charge is 0.357 e. The van der Waals surface area contributed by atoms with Gasteiger partial charge in [-0.1, -0.05) is 6.42 Å². The number of carbonyl (C=O) groups is 1. The van der Waals surface area contributed by atoms with Crippen molar-refractivity contribution < 1.29 is 4.79 Å². The Morgan fingerprint density at radius 3 is 2.39 bits per heavy atom. The maximum Gasteiger partial charge on any atom is 0.224 e. The molecule has 0 unspecified atom stereocenters. The first kappa shape index (κ1) is 20.5. The summed E-state index contributed by atoms with van der Waals surface area (Å²) < 4.78 is 0. The van der Waals surface area contributed by atoms with Crippen molar-refractivity contribution in [1.29, 1.82) is 0 Å². The number of likely N-dealkylation sites (tertiary alicyclic amines) is 1. The number of aliphatic imine (C=N–C) groups is 1. The SMILES string of the molecule is CCNC(=NCCC(=O)N(CC)CC)N1CCC2(CCC2)C1.I. The molecular weight excluding hydrogens is 403 g/mol. The Morgan fingerprint density at radius 1 is 1.22 bits per heavy atom. The number of halogens is 1. The van der Waals surface area contributed by atoms with Crippen LogP contribution < -0.4 is 5.32 Å². The fourth-order valence-corrected chi connectivity index (χ4v) is 3.62. The van der Waals surface area contributed by atoms with Crippen LogP contribution in [0.5, 0.6) is 0 Å². The molecule has 0 bridgehead atoms. The molecule has 2 aliphatic rings. The van der Waals surface area contributed by atoms with E-state index in [9.17, 15) is 4.79 Å². The van der Waals surface area contributed by atoms with Crippen LogP contribution in [0.25, 0.3) is 0 Å². The van der Waals surface area contributed by atoms with E-state index in [1.54, 1.807) is 0 Å². The van der Waals surface area contributed by atoms with Crippen LogP contribution in [-0.2, 0) is 4.79 Å². The highest BCUT2D eigenvalue weighted by atomic mass is 127. The zero-order valence-electron chi connectivity index (χ0n) is 14.9. The molecule has 23 heavy (non-hydrogen) atoms. The summed E-state index contributed by atoms with van der Waals surface area (Å²) in [6.45, 7) is 11.4. The van der Waals surface area contributed by atoms with E-state index in [0.29, 0.717) is 18.4 Å². The van der Waals surface area contributed by atoms with Crippen molar-refractivity contribution in [2.75, 3.05) is 39.3 Å². The lowest BCUT2D eigenvalue weighted by Gasteiger charge is -2.38. The molecule has 0 aromatic heterocycles. The molecular formula is C17H33IN4O. The average molecular weight is 436 g/mol. The number of rotatable bonds is 6. The minimum atomic E-state index is 0. The standard InChI is InChI=1S/C17H32N4O.HI/c1-4-18-16(19-12-8-15(22)20(5-2)6-3)21-13-11-17(14-21)9-7-10-17;/h4-14H2,1-3H3,(H,18,19);1H. The second kappa shape index (κ2) is 9.69. The molecule has 1 aliphatic heterocycles. The third-order valence-electron chi connectivity index (χ3n) is 5.19. The predicted molar refractivity (Wildman–Crippen MR) is 106 cm³/mol. The van der Waals surface area contributed by atoms with Gasteiger partial charge in [-0.15, -0.1) is 24.0 Å². The summed E-state index contributed by atoms with van der Waals surface area (Å²) in [4.78, 5) is 21.0. The van der Waals surface area contributed by atoms with E-state index in [1.165, 1.54) is 25.7 Å². The van der Waals surface area contributed by atoms with Crippen molar-refractivity contribution in [3.63, 3.8) is 0 Å². The molecule has 1 spiro atoms. The highest BCUT2D eigenvalue weighted by molar-refractivity contribution is 14.0. The Bertz CT molecular complexity index is 405. The molecule has 6 heteroatoms. The summed E-state index contributed by atoms with van der Waals surface area (Å²) in [5.41, 5.74) is 0.577. The molecule has 0 aromatic carbocycles. The number of nitrogens with zero attached hydrogens (tertiary/aromatic N) is 3. The fourth-order valence-electron chi connectivity index (χ4n) is 3.62. The lowest BCUT2D eigenvalue weighted by Crippen LogP contribution is -2.42. The molecule has 1 saturated heterocycles. The van der Waals surface area contributed by atoms with Gasteiger partial charge in [0.1, 0.15) is 0 Å². The van der Waals surface area contributed by atoms with Gasteiger partial charge >= 0.3 is 0 Å². The van der Waals surface area contributed by atoms with E-state index in [-0.39, 0.29) is 29.9 Å². The Hall–Kier alpha value is -0.530. The van der Waals surface area contributed by atoms with E-state index in [4.69, 9.17) is 4.99 Å². The average Bonchev–Trinajstić information content (AvgIpc) is 2.93. The molecule has 5 nitrogen and oxygen atoms in total. The van der Waals surface area contributed by atoms with E-state index >= 15 is 0 Å². The first-order chi connectivity index (χ1) is 10.6. The summed E-state index contributed by atoms with van der Waals surface area (Å²) in [5, 5.41) is 3.39. The predicted octanol–water partition coefficient (Wildman–Crippen LogP) is 2.70. The van der Waals surface area contributed by atoms with Gasteiger partial charge < -0.3 is 15.1 Å². The quantitative estimate of drug-likeness (QED) is 0.396. The Balaban J connectivity index is 0.00000264. The molecule has 1 aliphatic carbocycles. The monoisotopic (exact) mass is 436 g/mol. The topological polar surface area (TPSA) is 47.9 Å². The molecule has 1 amide bonds. The number of hydrogen-bond acceptors (Lipinski definition) is 2. The zero-order chi connectivity index (χ0) is 16.0. The number of carbonyl (C=O) groups excluding carboxylic acids is 1. The lowest BCUT2D eigenvalue weighted by molar-refractivity contribution is -0.130. The van der Waals surface area contributed by atoms with E-state index in [1.807, 2.05) is 18.7 Å². The molecule has 2 fully saturated rings. The van der Waals surface area contributed by atoms with Gasteiger partial charge in [-0.2, -0.15) is 0 Å². The van der Waals surface area contributed by atoms with Crippen LogP contribution in [0.1, 0.15) is 52.9 Å². The third kappa shape index (κ3) is 5.22. The third-order valence-corrected chi connectivity index (χ3v) is 5.19. The number of hydrogen-bond donors (Lipinski definition) is 1. The molecule has 0 aromatic rings. The van der Waals surface area contributed by atoms with Gasteiger partial charge in [0, 0.05) is 39.1 Å². The van der Waals surface area contributed by atoms with Crippen molar-refractivity contribution in [2.24, 2.45) is 10.4 Å². The highest BCUT2D eigenvalue weighted by Crippen LogP contribution is 2.47. The van der Waals surface area contributed by atoms with Crippen molar-refractivity contribution in [3.05, 3.63) is 0 Å². The molecule has 0 atom stereocenters. The highest BCUT2D eigenvalue weighted by Gasteiger charge is 2.43. The molecule has 1 saturated carbocycles. The van der Waals surface area contributed by atoms with Gasteiger partial charge in [-0.05, 0) is 45.4 Å². The van der Waals surface area contributed by atoms with Gasteiger partial charge in [-0.25, -0.2) is 0 Å². The number of guanidine groups is 1. The van der Waals surface area contributed by atoms with Gasteiger partial charge in [0.2, 0.25) is 5.91 Å². The van der Waals surface area contributed by atoms with Crippen molar-refractivity contribution >= 4 is 35.8 Å². The Morgan fingerprint density at radius 2 is 1.91 bits per heavy atom. The maximum atomic E-state index is 12.0. The second-order valence-corrected chi connectivity index (χ2v) is 6.58. The van der Waals surface area contributed by atoms with Crippen LogP contribution in [0, 0.1) is 5.41 Å². The zero-order valence-corrected chi connectivity index (χ0v) is 17.3. The summed E-state index contributed by atoms with van der Waals surface area (Å²) in [6.07, 6.45) is 5.96. The molecule has 1 N–H and O–H groups in total. The van der Waals surface area contributed by atoms with Crippen LogP contribution >= 0.6 is 24.0 Å². The number of nitrogens with one attached hydrogen (secondary N) is 1. The molecule has 0 radical (unpaired) electrons. The van der Waals surface area contributed by atoms with E-state index < -0.39 is 0 Å².